The van der Waals surface area contributed by atoms with E-state index in [4.69, 9.17) is 4.52 Å². The van der Waals surface area contributed by atoms with Crippen molar-refractivity contribution in [3.63, 3.8) is 0 Å². The Hall–Kier alpha value is -1.57. The molecule has 0 bridgehead atoms. The fraction of sp³-hybridized carbons (Fsp3) is 0.250. The summed E-state index contributed by atoms with van der Waals surface area (Å²) in [6, 6.07) is 13.1. The highest BCUT2D eigenvalue weighted by Gasteiger charge is 2.35. The van der Waals surface area contributed by atoms with Crippen LogP contribution in [0.25, 0.3) is 11.1 Å². The van der Waals surface area contributed by atoms with Crippen molar-refractivity contribution >= 4 is 12.9 Å². The van der Waals surface area contributed by atoms with Crippen LogP contribution in [0.5, 0.6) is 5.75 Å². The van der Waals surface area contributed by atoms with Crippen LogP contribution in [-0.4, -0.2) is 4.89 Å². The van der Waals surface area contributed by atoms with Gasteiger partial charge in [-0.25, -0.2) is 4.57 Å². The van der Waals surface area contributed by atoms with Gasteiger partial charge >= 0.3 is 7.60 Å². The zero-order chi connectivity index (χ0) is 14.5. The molecule has 2 aromatic carbocycles. The molecule has 0 spiro atoms. The standard InChI is InChI=1S/C16H17O3P/c1-16(2,3)11-8-9-13-12-6-4-5-7-14(12)19-20(17,18)15(13)10-11/h4-10H,1-3H3,(H,17,18). The van der Waals surface area contributed by atoms with Crippen molar-refractivity contribution in [3.05, 3.63) is 48.0 Å². The zero-order valence-corrected chi connectivity index (χ0v) is 12.6. The second kappa shape index (κ2) is 4.21. The van der Waals surface area contributed by atoms with Gasteiger partial charge in [-0.3, -0.25) is 0 Å². The minimum atomic E-state index is -3.81. The number of fused-ring (bicyclic) bond motifs is 3. The van der Waals surface area contributed by atoms with Gasteiger partial charge in [-0.1, -0.05) is 51.1 Å². The van der Waals surface area contributed by atoms with Crippen molar-refractivity contribution in [1.82, 2.24) is 0 Å². The fourth-order valence-corrected chi connectivity index (χ4v) is 3.74. The van der Waals surface area contributed by atoms with E-state index in [0.717, 1.165) is 16.7 Å². The quantitative estimate of drug-likeness (QED) is 0.749. The van der Waals surface area contributed by atoms with Gasteiger partial charge in [0.2, 0.25) is 0 Å². The van der Waals surface area contributed by atoms with E-state index in [1.165, 1.54) is 0 Å². The first-order chi connectivity index (χ1) is 9.29. The van der Waals surface area contributed by atoms with Crippen LogP contribution in [0.1, 0.15) is 26.3 Å². The Kier molecular flexibility index (Phi) is 2.82. The monoisotopic (exact) mass is 288 g/mol. The van der Waals surface area contributed by atoms with Crippen molar-refractivity contribution in [3.8, 4) is 16.9 Å². The van der Waals surface area contributed by atoms with E-state index in [-0.39, 0.29) is 5.41 Å². The minimum absolute atomic E-state index is 0.0774. The summed E-state index contributed by atoms with van der Waals surface area (Å²) in [6.07, 6.45) is 0. The third-order valence-corrected chi connectivity index (χ3v) is 4.99. The second-order valence-corrected chi connectivity index (χ2v) is 7.79. The average molecular weight is 288 g/mol. The van der Waals surface area contributed by atoms with E-state index in [1.54, 1.807) is 18.2 Å². The van der Waals surface area contributed by atoms with Crippen LogP contribution in [0.15, 0.2) is 42.5 Å². The molecule has 3 nitrogen and oxygen atoms in total. The Morgan fingerprint density at radius 3 is 2.45 bits per heavy atom. The highest BCUT2D eigenvalue weighted by atomic mass is 31.2. The van der Waals surface area contributed by atoms with Crippen molar-refractivity contribution in [2.24, 2.45) is 0 Å². The molecule has 4 heteroatoms. The van der Waals surface area contributed by atoms with Crippen LogP contribution in [0.4, 0.5) is 0 Å². The summed E-state index contributed by atoms with van der Waals surface area (Å²) in [5.41, 5.74) is 2.59. The van der Waals surface area contributed by atoms with Crippen LogP contribution in [0.2, 0.25) is 0 Å². The smallest absolute Gasteiger partial charge is 0.408 e. The second-order valence-electron chi connectivity index (χ2n) is 6.09. The third kappa shape index (κ3) is 2.07. The molecule has 1 heterocycles. The minimum Gasteiger partial charge on any atom is -0.421 e. The van der Waals surface area contributed by atoms with E-state index in [0.29, 0.717) is 11.1 Å². The van der Waals surface area contributed by atoms with Gasteiger partial charge in [0, 0.05) is 11.1 Å². The number of rotatable bonds is 0. The lowest BCUT2D eigenvalue weighted by molar-refractivity contribution is 0.392. The van der Waals surface area contributed by atoms with E-state index in [9.17, 15) is 9.46 Å². The van der Waals surface area contributed by atoms with Crippen molar-refractivity contribution in [2.45, 2.75) is 26.2 Å². The van der Waals surface area contributed by atoms with E-state index in [2.05, 4.69) is 20.8 Å². The number of hydrogen-bond donors (Lipinski definition) is 1. The summed E-state index contributed by atoms with van der Waals surface area (Å²) >= 11 is 0. The van der Waals surface area contributed by atoms with Gasteiger partial charge in [-0.05, 0) is 23.1 Å². The molecular weight excluding hydrogens is 271 g/mol. The van der Waals surface area contributed by atoms with Gasteiger partial charge in [0.25, 0.3) is 0 Å². The first-order valence-electron chi connectivity index (χ1n) is 6.56. The molecule has 0 aromatic heterocycles. The Bertz CT molecular complexity index is 729. The lowest BCUT2D eigenvalue weighted by Crippen LogP contribution is -2.21. The van der Waals surface area contributed by atoms with Gasteiger partial charge < -0.3 is 9.42 Å². The van der Waals surface area contributed by atoms with Gasteiger partial charge in [0.15, 0.2) is 0 Å². The normalized spacial score (nSPS) is 20.8. The van der Waals surface area contributed by atoms with Gasteiger partial charge in [-0.2, -0.15) is 0 Å². The van der Waals surface area contributed by atoms with Crippen LogP contribution in [-0.2, 0) is 9.98 Å². The topological polar surface area (TPSA) is 46.5 Å². The molecule has 0 amide bonds. The number of para-hydroxylation sites is 1. The molecule has 104 valence electrons. The summed E-state index contributed by atoms with van der Waals surface area (Å²) in [5, 5.41) is 0.392. The Labute approximate surface area is 118 Å². The molecule has 0 radical (unpaired) electrons. The molecule has 1 N–H and O–H groups in total. The molecule has 2 aromatic rings. The fourth-order valence-electron chi connectivity index (χ4n) is 2.41. The van der Waals surface area contributed by atoms with Crippen molar-refractivity contribution in [1.29, 1.82) is 0 Å². The Morgan fingerprint density at radius 2 is 1.75 bits per heavy atom. The Balaban J connectivity index is 2.29. The first-order valence-corrected chi connectivity index (χ1v) is 8.14. The van der Waals surface area contributed by atoms with Gasteiger partial charge in [0.1, 0.15) is 5.75 Å². The molecule has 1 aliphatic heterocycles. The summed E-state index contributed by atoms with van der Waals surface area (Å²) in [5.74, 6) is 0.467. The lowest BCUT2D eigenvalue weighted by Gasteiger charge is -2.27. The van der Waals surface area contributed by atoms with Gasteiger partial charge in [0.05, 0.1) is 5.30 Å². The highest BCUT2D eigenvalue weighted by molar-refractivity contribution is 7.62. The van der Waals surface area contributed by atoms with Crippen LogP contribution >= 0.6 is 7.60 Å². The van der Waals surface area contributed by atoms with Crippen molar-refractivity contribution < 1.29 is 14.0 Å². The van der Waals surface area contributed by atoms with Gasteiger partial charge in [-0.15, -0.1) is 0 Å². The largest absolute Gasteiger partial charge is 0.421 e. The molecule has 20 heavy (non-hydrogen) atoms. The maximum atomic E-state index is 12.4. The maximum absolute atomic E-state index is 12.4. The maximum Gasteiger partial charge on any atom is 0.408 e. The third-order valence-electron chi connectivity index (χ3n) is 3.57. The number of benzene rings is 2. The van der Waals surface area contributed by atoms with E-state index >= 15 is 0 Å². The summed E-state index contributed by atoms with van der Waals surface area (Å²) < 4.78 is 17.8. The molecule has 0 aliphatic carbocycles. The SMILES string of the molecule is CC(C)(C)c1ccc2c(c1)P(=O)(O)Oc1ccccc1-2. The molecule has 1 unspecified atom stereocenters. The Morgan fingerprint density at radius 1 is 1.05 bits per heavy atom. The summed E-state index contributed by atoms with van der Waals surface area (Å²) in [6.45, 7) is 6.23. The molecule has 0 saturated carbocycles. The van der Waals surface area contributed by atoms with Crippen molar-refractivity contribution in [2.75, 3.05) is 0 Å². The lowest BCUT2D eigenvalue weighted by atomic mass is 9.86. The highest BCUT2D eigenvalue weighted by Crippen LogP contribution is 2.52. The zero-order valence-electron chi connectivity index (χ0n) is 11.8. The predicted octanol–water partition coefficient (Wildman–Crippen LogP) is 3.85. The average Bonchev–Trinajstić information content (AvgIpc) is 2.37. The molecule has 3 rings (SSSR count). The van der Waals surface area contributed by atoms with E-state index in [1.807, 2.05) is 24.3 Å². The van der Waals surface area contributed by atoms with E-state index < -0.39 is 7.60 Å². The number of hydrogen-bond acceptors (Lipinski definition) is 2. The molecule has 1 atom stereocenters. The summed E-state index contributed by atoms with van der Waals surface area (Å²) in [7, 11) is -3.81. The predicted molar refractivity (Wildman–Crippen MR) is 80.7 cm³/mol. The van der Waals surface area contributed by atoms with Crippen LogP contribution in [0.3, 0.4) is 0 Å². The molecule has 0 fully saturated rings. The molecular formula is C16H17O3P. The molecule has 1 aliphatic rings. The summed E-state index contributed by atoms with van der Waals surface area (Å²) in [4.78, 5) is 10.2. The van der Waals surface area contributed by atoms with Crippen LogP contribution in [0, 0.1) is 0 Å². The molecule has 0 saturated heterocycles. The first kappa shape index (κ1) is 13.4. The van der Waals surface area contributed by atoms with Crippen LogP contribution < -0.4 is 9.83 Å².